The fourth-order valence-electron chi connectivity index (χ4n) is 2.35. The van der Waals surface area contributed by atoms with Gasteiger partial charge in [-0.05, 0) is 48.4 Å². The van der Waals surface area contributed by atoms with Crippen molar-refractivity contribution in [2.75, 3.05) is 12.3 Å². The summed E-state index contributed by atoms with van der Waals surface area (Å²) in [7, 11) is 0. The van der Waals surface area contributed by atoms with Crippen LogP contribution >= 0.6 is 0 Å². The van der Waals surface area contributed by atoms with E-state index in [-0.39, 0.29) is 6.61 Å². The predicted molar refractivity (Wildman–Crippen MR) is 86.7 cm³/mol. The first-order chi connectivity index (χ1) is 10.7. The SMILES string of the molecule is CCCOc1ccc(-c2nc3cc(CO)ccn3c2N)cc1. The van der Waals surface area contributed by atoms with Gasteiger partial charge in [0.1, 0.15) is 22.9 Å². The number of pyridine rings is 1. The molecule has 0 bridgehead atoms. The number of hydrogen-bond acceptors (Lipinski definition) is 4. The number of nitrogens with zero attached hydrogens (tertiary/aromatic N) is 2. The molecule has 0 aliphatic heterocycles. The topological polar surface area (TPSA) is 72.8 Å². The second kappa shape index (κ2) is 6.07. The Kier molecular flexibility index (Phi) is 3.98. The van der Waals surface area contributed by atoms with E-state index in [9.17, 15) is 5.11 Å². The monoisotopic (exact) mass is 297 g/mol. The van der Waals surface area contributed by atoms with Crippen molar-refractivity contribution >= 4 is 11.5 Å². The number of benzene rings is 1. The third-order valence-corrected chi connectivity index (χ3v) is 3.51. The Hall–Kier alpha value is -2.53. The number of anilines is 1. The van der Waals surface area contributed by atoms with Crippen LogP contribution in [0.4, 0.5) is 5.82 Å². The van der Waals surface area contributed by atoms with E-state index in [4.69, 9.17) is 10.5 Å². The van der Waals surface area contributed by atoms with Gasteiger partial charge in [-0.3, -0.25) is 4.40 Å². The number of rotatable bonds is 5. The summed E-state index contributed by atoms with van der Waals surface area (Å²) in [5.74, 6) is 1.43. The lowest BCUT2D eigenvalue weighted by Gasteiger charge is -2.05. The van der Waals surface area contributed by atoms with Gasteiger partial charge >= 0.3 is 0 Å². The van der Waals surface area contributed by atoms with Crippen LogP contribution in [0.25, 0.3) is 16.9 Å². The van der Waals surface area contributed by atoms with Crippen molar-refractivity contribution in [1.82, 2.24) is 9.38 Å². The van der Waals surface area contributed by atoms with Gasteiger partial charge in [0.2, 0.25) is 0 Å². The fraction of sp³-hybridized carbons (Fsp3) is 0.235. The molecule has 2 aromatic heterocycles. The van der Waals surface area contributed by atoms with Gasteiger partial charge in [-0.25, -0.2) is 4.98 Å². The van der Waals surface area contributed by atoms with E-state index >= 15 is 0 Å². The second-order valence-electron chi connectivity index (χ2n) is 5.14. The van der Waals surface area contributed by atoms with Gasteiger partial charge in [0, 0.05) is 11.8 Å². The molecule has 0 aliphatic rings. The van der Waals surface area contributed by atoms with E-state index < -0.39 is 0 Å². The zero-order valence-electron chi connectivity index (χ0n) is 12.5. The third-order valence-electron chi connectivity index (χ3n) is 3.51. The largest absolute Gasteiger partial charge is 0.494 e. The molecule has 0 unspecified atom stereocenters. The molecule has 22 heavy (non-hydrogen) atoms. The number of ether oxygens (including phenoxy) is 1. The Balaban J connectivity index is 1.97. The number of aliphatic hydroxyl groups excluding tert-OH is 1. The van der Waals surface area contributed by atoms with Crippen LogP contribution in [0.3, 0.4) is 0 Å². The summed E-state index contributed by atoms with van der Waals surface area (Å²) in [5.41, 5.74) is 9.40. The molecular weight excluding hydrogens is 278 g/mol. The van der Waals surface area contributed by atoms with Gasteiger partial charge in [0.25, 0.3) is 0 Å². The lowest BCUT2D eigenvalue weighted by atomic mass is 10.1. The van der Waals surface area contributed by atoms with Crippen LogP contribution in [-0.4, -0.2) is 21.1 Å². The summed E-state index contributed by atoms with van der Waals surface area (Å²) < 4.78 is 7.40. The van der Waals surface area contributed by atoms with Crippen molar-refractivity contribution in [3.05, 3.63) is 48.2 Å². The van der Waals surface area contributed by atoms with Gasteiger partial charge in [-0.2, -0.15) is 0 Å². The molecule has 3 aromatic rings. The molecular formula is C17H19N3O2. The number of aromatic nitrogens is 2. The van der Waals surface area contributed by atoms with E-state index in [1.807, 2.05) is 47.0 Å². The van der Waals surface area contributed by atoms with Crippen molar-refractivity contribution in [3.8, 4) is 17.0 Å². The molecule has 0 aliphatic carbocycles. The summed E-state index contributed by atoms with van der Waals surface area (Å²) in [6.07, 6.45) is 2.81. The number of nitrogens with two attached hydrogens (primary N) is 1. The van der Waals surface area contributed by atoms with Gasteiger partial charge in [-0.15, -0.1) is 0 Å². The molecule has 0 fully saturated rings. The molecule has 2 heterocycles. The van der Waals surface area contributed by atoms with Gasteiger partial charge in [0.05, 0.1) is 13.2 Å². The minimum absolute atomic E-state index is 0.0118. The maximum Gasteiger partial charge on any atom is 0.139 e. The number of hydrogen-bond donors (Lipinski definition) is 2. The van der Waals surface area contributed by atoms with Crippen LogP contribution in [0.5, 0.6) is 5.75 Å². The van der Waals surface area contributed by atoms with Crippen LogP contribution in [0.1, 0.15) is 18.9 Å². The minimum atomic E-state index is -0.0118. The van der Waals surface area contributed by atoms with Gasteiger partial charge in [-0.1, -0.05) is 6.92 Å². The second-order valence-corrected chi connectivity index (χ2v) is 5.14. The average molecular weight is 297 g/mol. The molecule has 0 atom stereocenters. The first-order valence-corrected chi connectivity index (χ1v) is 7.33. The Bertz CT molecular complexity index is 778. The quantitative estimate of drug-likeness (QED) is 0.759. The highest BCUT2D eigenvalue weighted by molar-refractivity contribution is 5.75. The smallest absolute Gasteiger partial charge is 0.139 e. The van der Waals surface area contributed by atoms with Crippen LogP contribution in [-0.2, 0) is 6.61 Å². The number of nitrogen functional groups attached to an aromatic ring is 1. The summed E-state index contributed by atoms with van der Waals surface area (Å²) in [6.45, 7) is 2.77. The van der Waals surface area contributed by atoms with E-state index in [2.05, 4.69) is 11.9 Å². The molecule has 114 valence electrons. The van der Waals surface area contributed by atoms with E-state index in [0.717, 1.165) is 34.6 Å². The van der Waals surface area contributed by atoms with Crippen LogP contribution in [0, 0.1) is 0 Å². The molecule has 5 nitrogen and oxygen atoms in total. The van der Waals surface area contributed by atoms with Crippen LogP contribution < -0.4 is 10.5 Å². The van der Waals surface area contributed by atoms with Crippen molar-refractivity contribution in [3.63, 3.8) is 0 Å². The Morgan fingerprint density at radius 1 is 1.23 bits per heavy atom. The molecule has 0 amide bonds. The first kappa shape index (κ1) is 14.4. The lowest BCUT2D eigenvalue weighted by Crippen LogP contribution is -1.96. The van der Waals surface area contributed by atoms with E-state index in [1.54, 1.807) is 0 Å². The number of fused-ring (bicyclic) bond motifs is 1. The van der Waals surface area contributed by atoms with Crippen molar-refractivity contribution in [2.45, 2.75) is 20.0 Å². The van der Waals surface area contributed by atoms with Gasteiger partial charge < -0.3 is 15.6 Å². The third kappa shape index (κ3) is 2.63. The summed E-state index contributed by atoms with van der Waals surface area (Å²) in [5, 5.41) is 9.21. The maximum atomic E-state index is 9.21. The zero-order valence-corrected chi connectivity index (χ0v) is 12.5. The molecule has 0 radical (unpaired) electrons. The Morgan fingerprint density at radius 3 is 2.68 bits per heavy atom. The average Bonchev–Trinajstić information content (AvgIpc) is 2.89. The summed E-state index contributed by atoms with van der Waals surface area (Å²) in [4.78, 5) is 4.57. The van der Waals surface area contributed by atoms with E-state index in [1.165, 1.54) is 0 Å². The molecule has 0 saturated heterocycles. The first-order valence-electron chi connectivity index (χ1n) is 7.33. The molecule has 1 aromatic carbocycles. The Labute approximate surface area is 129 Å². The molecule has 5 heteroatoms. The normalized spacial score (nSPS) is 11.0. The maximum absolute atomic E-state index is 9.21. The molecule has 0 saturated carbocycles. The highest BCUT2D eigenvalue weighted by Gasteiger charge is 2.11. The number of imidazole rings is 1. The minimum Gasteiger partial charge on any atom is -0.494 e. The van der Waals surface area contributed by atoms with Crippen molar-refractivity contribution in [2.24, 2.45) is 0 Å². The number of aliphatic hydroxyl groups is 1. The molecule has 0 spiro atoms. The Morgan fingerprint density at radius 2 is 2.00 bits per heavy atom. The van der Waals surface area contributed by atoms with E-state index in [0.29, 0.717) is 12.4 Å². The van der Waals surface area contributed by atoms with Gasteiger partial charge in [0.15, 0.2) is 0 Å². The van der Waals surface area contributed by atoms with Crippen LogP contribution in [0.2, 0.25) is 0 Å². The van der Waals surface area contributed by atoms with Crippen molar-refractivity contribution in [1.29, 1.82) is 0 Å². The molecule has 3 rings (SSSR count). The van der Waals surface area contributed by atoms with Crippen molar-refractivity contribution < 1.29 is 9.84 Å². The highest BCUT2D eigenvalue weighted by atomic mass is 16.5. The summed E-state index contributed by atoms with van der Waals surface area (Å²) >= 11 is 0. The van der Waals surface area contributed by atoms with Crippen LogP contribution in [0.15, 0.2) is 42.6 Å². The zero-order chi connectivity index (χ0) is 15.5. The standard InChI is InChI=1S/C17H19N3O2/c1-2-9-22-14-5-3-13(4-6-14)16-17(18)20-8-7-12(11-21)10-15(20)19-16/h3-8,10,21H,2,9,11,18H2,1H3. The predicted octanol–water partition coefficient (Wildman–Crippen LogP) is 2.86. The fourth-order valence-corrected chi connectivity index (χ4v) is 2.35. The lowest BCUT2D eigenvalue weighted by molar-refractivity contribution is 0.282. The molecule has 3 N–H and O–H groups in total. The highest BCUT2D eigenvalue weighted by Crippen LogP contribution is 2.28. The summed E-state index contributed by atoms with van der Waals surface area (Å²) in [6, 6.07) is 11.4.